The summed E-state index contributed by atoms with van der Waals surface area (Å²) in [6, 6.07) is 4.25. The fourth-order valence-electron chi connectivity index (χ4n) is 2.98. The lowest BCUT2D eigenvalue weighted by molar-refractivity contribution is -0.0558. The smallest absolute Gasteiger partial charge is 0.342 e. The van der Waals surface area contributed by atoms with Gasteiger partial charge in [0, 0.05) is 12.0 Å². The van der Waals surface area contributed by atoms with Gasteiger partial charge in [-0.05, 0) is 45.4 Å². The minimum atomic E-state index is -1.20. The predicted octanol–water partition coefficient (Wildman–Crippen LogP) is 5.81. The maximum absolute atomic E-state index is 12.4. The zero-order valence-electron chi connectivity index (χ0n) is 18.5. The van der Waals surface area contributed by atoms with Gasteiger partial charge in [0.05, 0.1) is 5.60 Å². The van der Waals surface area contributed by atoms with Crippen molar-refractivity contribution in [3.8, 4) is 5.75 Å². The minimum Gasteiger partial charge on any atom is -0.507 e. The number of carbonyl (C=O) groups is 2. The number of phenolic OH excluding ortho intramolecular Hbond substituents is 1. The molecule has 1 atom stereocenters. The van der Waals surface area contributed by atoms with Crippen molar-refractivity contribution >= 4 is 11.8 Å². The normalized spacial score (nSPS) is 12.6. The topological polar surface area (TPSA) is 83.8 Å². The van der Waals surface area contributed by atoms with E-state index in [1.165, 1.54) is 70.6 Å². The van der Waals surface area contributed by atoms with E-state index >= 15 is 0 Å². The number of phenols is 1. The molecule has 0 fully saturated rings. The van der Waals surface area contributed by atoms with Crippen molar-refractivity contribution in [2.75, 3.05) is 0 Å². The van der Waals surface area contributed by atoms with Gasteiger partial charge in [-0.3, -0.25) is 4.79 Å². The number of unbranched alkanes of at least 4 members (excludes halogenated alkanes) is 8. The fourth-order valence-corrected chi connectivity index (χ4v) is 2.98. The summed E-state index contributed by atoms with van der Waals surface area (Å²) in [6.45, 7) is 6.87. The van der Waals surface area contributed by atoms with Crippen molar-refractivity contribution in [1.82, 2.24) is 0 Å². The molecule has 1 rings (SSSR count). The van der Waals surface area contributed by atoms with E-state index in [0.29, 0.717) is 12.0 Å². The Morgan fingerprint density at radius 1 is 1.00 bits per heavy atom. The first-order valence-corrected chi connectivity index (χ1v) is 11.0. The van der Waals surface area contributed by atoms with Crippen LogP contribution in [0.2, 0.25) is 0 Å². The monoisotopic (exact) mass is 406 g/mol. The number of benzene rings is 1. The number of rotatable bonds is 14. The van der Waals surface area contributed by atoms with Gasteiger partial charge in [0.15, 0.2) is 5.78 Å². The van der Waals surface area contributed by atoms with Crippen LogP contribution >= 0.6 is 0 Å². The summed E-state index contributed by atoms with van der Waals surface area (Å²) in [6.07, 6.45) is 10.3. The first-order chi connectivity index (χ1) is 13.7. The molecule has 0 heterocycles. The van der Waals surface area contributed by atoms with Crippen LogP contribution in [0.3, 0.4) is 0 Å². The lowest BCUT2D eigenvalue weighted by atomic mass is 10.0. The Bertz CT molecular complexity index is 645. The van der Waals surface area contributed by atoms with Gasteiger partial charge in [-0.25, -0.2) is 4.79 Å². The van der Waals surface area contributed by atoms with Gasteiger partial charge in [0.1, 0.15) is 17.4 Å². The van der Waals surface area contributed by atoms with Gasteiger partial charge in [0.2, 0.25) is 0 Å². The summed E-state index contributed by atoms with van der Waals surface area (Å²) in [5, 5.41) is 19.9. The second-order valence-electron chi connectivity index (χ2n) is 8.43. The van der Waals surface area contributed by atoms with Crippen molar-refractivity contribution in [2.24, 2.45) is 0 Å². The highest BCUT2D eigenvalue weighted by Crippen LogP contribution is 2.23. The first-order valence-electron chi connectivity index (χ1n) is 11.0. The third-order valence-corrected chi connectivity index (χ3v) is 5.32. The molecular formula is C24H38O5. The van der Waals surface area contributed by atoms with Gasteiger partial charge in [-0.15, -0.1) is 0 Å². The van der Waals surface area contributed by atoms with E-state index < -0.39 is 17.7 Å². The number of aliphatic hydroxyl groups is 1. The van der Waals surface area contributed by atoms with E-state index in [9.17, 15) is 19.8 Å². The van der Waals surface area contributed by atoms with Crippen LogP contribution in [0.5, 0.6) is 5.75 Å². The molecule has 0 aliphatic heterocycles. The lowest BCUT2D eigenvalue weighted by Gasteiger charge is -2.25. The van der Waals surface area contributed by atoms with Crippen molar-refractivity contribution < 1.29 is 24.5 Å². The Balaban J connectivity index is 2.48. The number of carbonyl (C=O) groups excluding carboxylic acids is 2. The maximum atomic E-state index is 12.4. The van der Waals surface area contributed by atoms with Crippen molar-refractivity contribution in [2.45, 2.75) is 104 Å². The van der Waals surface area contributed by atoms with Gasteiger partial charge in [-0.1, -0.05) is 58.3 Å². The Morgan fingerprint density at radius 2 is 1.55 bits per heavy atom. The zero-order chi connectivity index (χ0) is 21.9. The number of esters is 1. The van der Waals surface area contributed by atoms with Crippen LogP contribution in [-0.4, -0.2) is 33.7 Å². The van der Waals surface area contributed by atoms with Gasteiger partial charge >= 0.3 is 5.97 Å². The SMILES string of the molecule is CCCCCCCCCCCC(=O)c1ccc(O)c(C(=O)OC(C)C(C)(C)O)c1. The number of ketones is 1. The first kappa shape index (κ1) is 25.2. The molecular weight excluding hydrogens is 368 g/mol. The lowest BCUT2D eigenvalue weighted by Crippen LogP contribution is -2.37. The second kappa shape index (κ2) is 12.6. The van der Waals surface area contributed by atoms with Crippen LogP contribution < -0.4 is 0 Å². The minimum absolute atomic E-state index is 0.0440. The molecule has 0 amide bonds. The second-order valence-corrected chi connectivity index (χ2v) is 8.43. The van der Waals surface area contributed by atoms with E-state index in [1.54, 1.807) is 6.92 Å². The Kier molecular flexibility index (Phi) is 11.0. The summed E-state index contributed by atoms with van der Waals surface area (Å²) in [5.41, 5.74) is -0.862. The molecule has 1 aromatic rings. The molecule has 2 N–H and O–H groups in total. The summed E-state index contributed by atoms with van der Waals surface area (Å²) >= 11 is 0. The molecule has 0 radical (unpaired) electrons. The molecule has 1 unspecified atom stereocenters. The number of hydrogen-bond donors (Lipinski definition) is 2. The summed E-state index contributed by atoms with van der Waals surface area (Å²) in [4.78, 5) is 24.8. The van der Waals surface area contributed by atoms with Gasteiger partial charge in [0.25, 0.3) is 0 Å². The standard InChI is InChI=1S/C24H38O5/c1-5-6-7-8-9-10-11-12-13-14-21(25)19-15-16-22(26)20(17-19)23(27)29-18(2)24(3,4)28/h15-18,26,28H,5-14H2,1-4H3. The summed E-state index contributed by atoms with van der Waals surface area (Å²) in [7, 11) is 0. The summed E-state index contributed by atoms with van der Waals surface area (Å²) < 4.78 is 5.22. The number of ether oxygens (including phenoxy) is 1. The third-order valence-electron chi connectivity index (χ3n) is 5.32. The van der Waals surface area contributed by atoms with Crippen LogP contribution in [0.1, 0.15) is 113 Å². The Morgan fingerprint density at radius 3 is 2.10 bits per heavy atom. The van der Waals surface area contributed by atoms with E-state index in [1.807, 2.05) is 0 Å². The molecule has 0 spiro atoms. The number of aromatic hydroxyl groups is 1. The highest BCUT2D eigenvalue weighted by atomic mass is 16.6. The average molecular weight is 407 g/mol. The van der Waals surface area contributed by atoms with E-state index in [4.69, 9.17) is 4.74 Å². The molecule has 0 aliphatic carbocycles. The summed E-state index contributed by atoms with van der Waals surface area (Å²) in [5.74, 6) is -1.04. The number of hydrogen-bond acceptors (Lipinski definition) is 5. The fraction of sp³-hybridized carbons (Fsp3) is 0.667. The van der Waals surface area contributed by atoms with E-state index in [0.717, 1.165) is 19.3 Å². The molecule has 0 saturated carbocycles. The molecule has 0 saturated heterocycles. The average Bonchev–Trinajstić information content (AvgIpc) is 2.66. The molecule has 5 nitrogen and oxygen atoms in total. The van der Waals surface area contributed by atoms with Crippen LogP contribution in [-0.2, 0) is 4.74 Å². The third kappa shape index (κ3) is 9.44. The van der Waals surface area contributed by atoms with E-state index in [-0.39, 0.29) is 17.1 Å². The van der Waals surface area contributed by atoms with Crippen LogP contribution in [0, 0.1) is 0 Å². The van der Waals surface area contributed by atoms with E-state index in [2.05, 4.69) is 6.92 Å². The predicted molar refractivity (Wildman–Crippen MR) is 115 cm³/mol. The van der Waals surface area contributed by atoms with Crippen LogP contribution in [0.25, 0.3) is 0 Å². The molecule has 5 heteroatoms. The quantitative estimate of drug-likeness (QED) is 0.231. The van der Waals surface area contributed by atoms with Gasteiger partial charge < -0.3 is 14.9 Å². The molecule has 164 valence electrons. The zero-order valence-corrected chi connectivity index (χ0v) is 18.5. The highest BCUT2D eigenvalue weighted by Gasteiger charge is 2.27. The molecule has 29 heavy (non-hydrogen) atoms. The van der Waals surface area contributed by atoms with Crippen LogP contribution in [0.15, 0.2) is 18.2 Å². The molecule has 1 aromatic carbocycles. The largest absolute Gasteiger partial charge is 0.507 e. The van der Waals surface area contributed by atoms with Gasteiger partial charge in [-0.2, -0.15) is 0 Å². The molecule has 0 bridgehead atoms. The Labute approximate surface area is 175 Å². The molecule has 0 aromatic heterocycles. The Hall–Kier alpha value is -1.88. The van der Waals surface area contributed by atoms with Crippen molar-refractivity contribution in [3.05, 3.63) is 29.3 Å². The maximum Gasteiger partial charge on any atom is 0.342 e. The highest BCUT2D eigenvalue weighted by molar-refractivity contribution is 6.00. The van der Waals surface area contributed by atoms with Crippen molar-refractivity contribution in [1.29, 1.82) is 0 Å². The van der Waals surface area contributed by atoms with Crippen molar-refractivity contribution in [3.63, 3.8) is 0 Å². The molecule has 0 aliphatic rings. The van der Waals surface area contributed by atoms with Crippen LogP contribution in [0.4, 0.5) is 0 Å². The number of Topliss-reactive ketones (excluding diaryl/α,β-unsaturated/α-hetero) is 1.